The number of hydrogen-bond donors (Lipinski definition) is 2. The van der Waals surface area contributed by atoms with Gasteiger partial charge in [-0.1, -0.05) is 31.0 Å². The van der Waals surface area contributed by atoms with Crippen molar-refractivity contribution in [3.8, 4) is 0 Å². The highest BCUT2D eigenvalue weighted by atomic mass is 32.2. The van der Waals surface area contributed by atoms with Crippen LogP contribution < -0.4 is 16.0 Å². The molecule has 3 heterocycles. The molecule has 3 rings (SSSR count). The molecule has 2 amide bonds. The van der Waals surface area contributed by atoms with Gasteiger partial charge in [0.25, 0.3) is 0 Å². The Hall–Kier alpha value is -1.36. The lowest BCUT2D eigenvalue weighted by atomic mass is 10.1. The van der Waals surface area contributed by atoms with E-state index in [1.807, 2.05) is 6.20 Å². The molecule has 0 bridgehead atoms. The molecule has 0 aliphatic carbocycles. The third kappa shape index (κ3) is 6.06. The van der Waals surface area contributed by atoms with Crippen molar-refractivity contribution in [2.75, 3.05) is 25.5 Å². The lowest BCUT2D eigenvalue weighted by Gasteiger charge is -2.29. The number of urea groups is 1. The van der Waals surface area contributed by atoms with Crippen molar-refractivity contribution in [2.45, 2.75) is 48.5 Å². The SMILES string of the molecule is CN1CCC(NC(=O)Nc2ncc(SCc3ncc([Si](C)(C)C)o3)s2)CC1. The third-order valence-corrected chi connectivity index (χ3v) is 8.19. The summed E-state index contributed by atoms with van der Waals surface area (Å²) in [6, 6.07) is 0.0588. The number of carbonyl (C=O) groups excluding carboxylic acids is 1. The highest BCUT2D eigenvalue weighted by molar-refractivity contribution is 8.00. The molecule has 0 atom stereocenters. The number of thioether (sulfide) groups is 1. The van der Waals surface area contributed by atoms with E-state index in [0.717, 1.165) is 41.4 Å². The second-order valence-electron chi connectivity index (χ2n) is 7.82. The van der Waals surface area contributed by atoms with Crippen molar-refractivity contribution >= 4 is 47.7 Å². The minimum absolute atomic E-state index is 0.178. The van der Waals surface area contributed by atoms with Crippen molar-refractivity contribution in [2.24, 2.45) is 0 Å². The van der Waals surface area contributed by atoms with Crippen LogP contribution in [0, 0.1) is 0 Å². The fourth-order valence-corrected chi connectivity index (χ4v) is 5.31. The van der Waals surface area contributed by atoms with Gasteiger partial charge in [-0.3, -0.25) is 5.32 Å². The fourth-order valence-electron chi connectivity index (χ4n) is 2.71. The second kappa shape index (κ2) is 8.76. The van der Waals surface area contributed by atoms with Gasteiger partial charge in [-0.25, -0.2) is 14.8 Å². The van der Waals surface area contributed by atoms with Crippen LogP contribution in [0.5, 0.6) is 0 Å². The van der Waals surface area contributed by atoms with Gasteiger partial charge in [-0.2, -0.15) is 0 Å². The van der Waals surface area contributed by atoms with Crippen molar-refractivity contribution in [1.29, 1.82) is 0 Å². The van der Waals surface area contributed by atoms with Crippen molar-refractivity contribution < 1.29 is 9.21 Å². The zero-order chi connectivity index (χ0) is 19.4. The number of nitrogens with one attached hydrogen (secondary N) is 2. The molecule has 27 heavy (non-hydrogen) atoms. The molecule has 10 heteroatoms. The van der Waals surface area contributed by atoms with Crippen LogP contribution in [0.15, 0.2) is 21.0 Å². The summed E-state index contributed by atoms with van der Waals surface area (Å²) in [5.41, 5.74) is 0. The molecule has 0 spiro atoms. The Kier molecular flexibility index (Phi) is 6.61. The summed E-state index contributed by atoms with van der Waals surface area (Å²) in [7, 11) is 0.643. The second-order valence-corrected chi connectivity index (χ2v) is 15.1. The number of aromatic nitrogens is 2. The molecule has 1 saturated heterocycles. The lowest BCUT2D eigenvalue weighted by molar-refractivity contribution is 0.221. The minimum Gasteiger partial charge on any atom is -0.450 e. The molecular formula is C17H27N5O2S2Si. The van der Waals surface area contributed by atoms with Crippen molar-refractivity contribution in [1.82, 2.24) is 20.2 Å². The van der Waals surface area contributed by atoms with Crippen molar-refractivity contribution in [3.05, 3.63) is 18.3 Å². The fraction of sp³-hybridized carbons (Fsp3) is 0.588. The predicted molar refractivity (Wildman–Crippen MR) is 114 cm³/mol. The predicted octanol–water partition coefficient (Wildman–Crippen LogP) is 3.18. The van der Waals surface area contributed by atoms with Gasteiger partial charge in [0.2, 0.25) is 5.89 Å². The molecular weight excluding hydrogens is 398 g/mol. The topological polar surface area (TPSA) is 83.3 Å². The molecule has 0 saturated carbocycles. The average molecular weight is 426 g/mol. The molecule has 1 aliphatic rings. The number of likely N-dealkylation sites (tertiary alicyclic amines) is 1. The molecule has 148 valence electrons. The average Bonchev–Trinajstić information content (AvgIpc) is 3.24. The summed E-state index contributed by atoms with van der Waals surface area (Å²) in [4.78, 5) is 23.1. The van der Waals surface area contributed by atoms with Gasteiger partial charge in [0.15, 0.2) is 5.13 Å². The first-order valence-electron chi connectivity index (χ1n) is 9.09. The van der Waals surface area contributed by atoms with Gasteiger partial charge < -0.3 is 14.6 Å². The van der Waals surface area contributed by atoms with Crippen molar-refractivity contribution in [3.63, 3.8) is 0 Å². The first-order valence-corrected chi connectivity index (χ1v) is 14.4. The summed E-state index contributed by atoms with van der Waals surface area (Å²) in [6.45, 7) is 8.75. The number of amides is 2. The van der Waals surface area contributed by atoms with E-state index in [0.29, 0.717) is 10.9 Å². The Morgan fingerprint density at radius 1 is 1.33 bits per heavy atom. The number of oxazole rings is 1. The number of hydrogen-bond acceptors (Lipinski definition) is 7. The van der Waals surface area contributed by atoms with Crippen LogP contribution in [-0.4, -0.2) is 55.2 Å². The van der Waals surface area contributed by atoms with E-state index < -0.39 is 8.07 Å². The maximum atomic E-state index is 12.2. The summed E-state index contributed by atoms with van der Waals surface area (Å²) in [6.07, 6.45) is 5.61. The highest BCUT2D eigenvalue weighted by Gasteiger charge is 2.22. The number of nitrogens with zero attached hydrogens (tertiary/aromatic N) is 3. The molecule has 2 aromatic heterocycles. The number of anilines is 1. The summed E-state index contributed by atoms with van der Waals surface area (Å²) in [5, 5.41) is 7.51. The molecule has 1 aliphatic heterocycles. The first-order chi connectivity index (χ1) is 12.8. The van der Waals surface area contributed by atoms with E-state index in [9.17, 15) is 4.79 Å². The van der Waals surface area contributed by atoms with Crippen LogP contribution in [0.2, 0.25) is 19.6 Å². The lowest BCUT2D eigenvalue weighted by Crippen LogP contribution is -2.44. The number of piperidine rings is 1. The van der Waals surface area contributed by atoms with Gasteiger partial charge in [-0.15, -0.1) is 11.8 Å². The maximum absolute atomic E-state index is 12.2. The Balaban J connectivity index is 1.45. The molecule has 0 unspecified atom stereocenters. The molecule has 2 aromatic rings. The van der Waals surface area contributed by atoms with Crippen LogP contribution in [0.4, 0.5) is 9.93 Å². The van der Waals surface area contributed by atoms with Crippen LogP contribution in [0.1, 0.15) is 18.7 Å². The Labute approximate surface area is 169 Å². The van der Waals surface area contributed by atoms with Crippen LogP contribution in [0.25, 0.3) is 0 Å². The normalized spacial score (nSPS) is 16.4. The van der Waals surface area contributed by atoms with E-state index in [1.165, 1.54) is 11.3 Å². The van der Waals surface area contributed by atoms with E-state index in [1.54, 1.807) is 18.0 Å². The van der Waals surface area contributed by atoms with Crippen LogP contribution in [-0.2, 0) is 5.75 Å². The number of rotatable bonds is 6. The smallest absolute Gasteiger partial charge is 0.321 e. The standard InChI is InChI=1S/C17H27N5O2S2Si/c1-22-7-5-12(6-8-22)20-16(23)21-17-19-10-15(26-17)25-11-13-18-9-14(24-13)27(2,3)4/h9-10,12H,5-8,11H2,1-4H3,(H2,19,20,21,23). The largest absolute Gasteiger partial charge is 0.450 e. The van der Waals surface area contributed by atoms with Gasteiger partial charge in [0, 0.05) is 6.04 Å². The summed E-state index contributed by atoms with van der Waals surface area (Å²) in [5.74, 6) is 1.40. The van der Waals surface area contributed by atoms with Crippen LogP contribution in [0.3, 0.4) is 0 Å². The Morgan fingerprint density at radius 2 is 2.07 bits per heavy atom. The molecule has 0 aromatic carbocycles. The third-order valence-electron chi connectivity index (χ3n) is 4.39. The zero-order valence-corrected chi connectivity index (χ0v) is 18.9. The zero-order valence-electron chi connectivity index (χ0n) is 16.2. The number of carbonyl (C=O) groups is 1. The van der Waals surface area contributed by atoms with E-state index in [4.69, 9.17) is 4.42 Å². The maximum Gasteiger partial charge on any atom is 0.321 e. The Morgan fingerprint density at radius 3 is 2.74 bits per heavy atom. The summed E-state index contributed by atoms with van der Waals surface area (Å²) < 4.78 is 6.89. The van der Waals surface area contributed by atoms with E-state index in [-0.39, 0.29) is 12.1 Å². The molecule has 1 fully saturated rings. The van der Waals surface area contributed by atoms with Gasteiger partial charge in [0.05, 0.1) is 22.4 Å². The van der Waals surface area contributed by atoms with Gasteiger partial charge in [0.1, 0.15) is 13.5 Å². The Bertz CT molecular complexity index is 765. The van der Waals surface area contributed by atoms with E-state index >= 15 is 0 Å². The number of thiazole rings is 1. The first kappa shape index (κ1) is 20.4. The van der Waals surface area contributed by atoms with Crippen LogP contribution >= 0.6 is 23.1 Å². The summed E-state index contributed by atoms with van der Waals surface area (Å²) >= 11 is 3.09. The monoisotopic (exact) mass is 425 g/mol. The minimum atomic E-state index is -1.46. The highest BCUT2D eigenvalue weighted by Crippen LogP contribution is 2.30. The van der Waals surface area contributed by atoms with Gasteiger partial charge in [-0.05, 0) is 33.0 Å². The van der Waals surface area contributed by atoms with Gasteiger partial charge >= 0.3 is 6.03 Å². The molecule has 2 N–H and O–H groups in total. The van der Waals surface area contributed by atoms with E-state index in [2.05, 4.69) is 52.2 Å². The molecule has 7 nitrogen and oxygen atoms in total. The molecule has 0 radical (unpaired) electrons. The quantitative estimate of drug-likeness (QED) is 0.546.